The fourth-order valence-electron chi connectivity index (χ4n) is 5.23. The van der Waals surface area contributed by atoms with Crippen LogP contribution in [0.4, 0.5) is 5.82 Å². The van der Waals surface area contributed by atoms with E-state index < -0.39 is 9.84 Å². The third kappa shape index (κ3) is 5.99. The van der Waals surface area contributed by atoms with Crippen LogP contribution >= 0.6 is 0 Å². The van der Waals surface area contributed by atoms with E-state index in [0.717, 1.165) is 47.5 Å². The van der Waals surface area contributed by atoms with Crippen molar-refractivity contribution in [2.75, 3.05) is 37.5 Å². The van der Waals surface area contributed by atoms with Crippen LogP contribution in [0.25, 0.3) is 22.3 Å². The van der Waals surface area contributed by atoms with Crippen molar-refractivity contribution >= 4 is 32.5 Å². The van der Waals surface area contributed by atoms with Crippen LogP contribution in [-0.2, 0) is 32.5 Å². The third-order valence-electron chi connectivity index (χ3n) is 7.82. The maximum absolute atomic E-state index is 12.9. The van der Waals surface area contributed by atoms with Gasteiger partial charge in [-0.25, -0.2) is 18.4 Å². The highest BCUT2D eigenvalue weighted by atomic mass is 32.2. The highest BCUT2D eigenvalue weighted by molar-refractivity contribution is 7.91. The number of rotatable bonds is 9. The Kier molecular flexibility index (Phi) is 8.14. The van der Waals surface area contributed by atoms with Gasteiger partial charge in [0.05, 0.1) is 59.6 Å². The lowest BCUT2D eigenvalue weighted by Crippen LogP contribution is -2.42. The molecule has 0 atom stereocenters. The zero-order chi connectivity index (χ0) is 29.1. The minimum absolute atomic E-state index is 0.104. The zero-order valence-corrected chi connectivity index (χ0v) is 24.3. The average molecular weight is 588 g/mol. The topological polar surface area (TPSA) is 124 Å². The first-order chi connectivity index (χ1) is 20.4. The Morgan fingerprint density at radius 3 is 2.76 bits per heavy atom. The fraction of sp³-hybridized carbons (Fsp3) is 0.355. The molecule has 218 valence electrons. The van der Waals surface area contributed by atoms with E-state index in [0.29, 0.717) is 23.9 Å². The Morgan fingerprint density at radius 1 is 1.10 bits per heavy atom. The van der Waals surface area contributed by atoms with Crippen LogP contribution < -0.4 is 10.2 Å². The first-order valence-corrected chi connectivity index (χ1v) is 15.8. The van der Waals surface area contributed by atoms with Gasteiger partial charge >= 0.3 is 0 Å². The Hall–Kier alpha value is -3.93. The molecule has 1 saturated carbocycles. The summed E-state index contributed by atoms with van der Waals surface area (Å²) in [6.45, 7) is 1.94. The van der Waals surface area contributed by atoms with Crippen molar-refractivity contribution in [2.45, 2.75) is 43.4 Å². The van der Waals surface area contributed by atoms with E-state index in [1.165, 1.54) is 12.5 Å². The maximum Gasteiger partial charge on any atom is 0.251 e. The first kappa shape index (κ1) is 28.2. The van der Waals surface area contributed by atoms with Gasteiger partial charge in [0.25, 0.3) is 5.91 Å². The van der Waals surface area contributed by atoms with Gasteiger partial charge in [0.15, 0.2) is 9.84 Å². The molecule has 4 heterocycles. The number of hydrogen-bond donors (Lipinski definition) is 1. The Labute approximate surface area is 245 Å². The quantitative estimate of drug-likeness (QED) is 0.310. The Bertz CT molecular complexity index is 1720. The number of methoxy groups -OCH3 is 1. The number of carbonyl (C=O) groups excluding carboxylic acids is 1. The molecular formula is C31H33N5O5S. The van der Waals surface area contributed by atoms with Crippen LogP contribution in [-0.4, -0.2) is 67.9 Å². The highest BCUT2D eigenvalue weighted by Gasteiger charge is 2.26. The van der Waals surface area contributed by atoms with Crippen molar-refractivity contribution < 1.29 is 22.7 Å². The summed E-state index contributed by atoms with van der Waals surface area (Å²) < 4.78 is 35.9. The molecule has 4 aromatic rings. The van der Waals surface area contributed by atoms with Crippen molar-refractivity contribution in [3.63, 3.8) is 0 Å². The van der Waals surface area contributed by atoms with Gasteiger partial charge < -0.3 is 19.7 Å². The number of benzene rings is 1. The van der Waals surface area contributed by atoms with E-state index in [4.69, 9.17) is 19.4 Å². The molecule has 1 aliphatic heterocycles. The van der Waals surface area contributed by atoms with Gasteiger partial charge in [0, 0.05) is 36.8 Å². The van der Waals surface area contributed by atoms with Crippen molar-refractivity contribution in [3.8, 4) is 11.4 Å². The minimum atomic E-state index is -3.51. The van der Waals surface area contributed by atoms with Crippen LogP contribution in [0.5, 0.6) is 0 Å². The lowest BCUT2D eigenvalue weighted by molar-refractivity contribution is 0.0950. The number of fused-ring (bicyclic) bond motifs is 2. The molecule has 0 unspecified atom stereocenters. The van der Waals surface area contributed by atoms with Gasteiger partial charge in [0.2, 0.25) is 0 Å². The van der Waals surface area contributed by atoms with Gasteiger partial charge in [-0.2, -0.15) is 0 Å². The van der Waals surface area contributed by atoms with E-state index in [1.807, 2.05) is 36.4 Å². The molecule has 6 rings (SSSR count). The number of hydrogen-bond acceptors (Lipinski definition) is 9. The number of pyridine rings is 3. The molecule has 1 amide bonds. The van der Waals surface area contributed by atoms with Crippen molar-refractivity contribution in [3.05, 3.63) is 77.6 Å². The summed E-state index contributed by atoms with van der Waals surface area (Å²) in [6, 6.07) is 16.9. The molecule has 3 aromatic heterocycles. The molecule has 11 heteroatoms. The second kappa shape index (κ2) is 12.1. The number of amides is 1. The molecule has 1 aromatic carbocycles. The molecule has 1 N–H and O–H groups in total. The molecule has 0 saturated heterocycles. The molecule has 1 fully saturated rings. The van der Waals surface area contributed by atoms with Crippen LogP contribution in [0.2, 0.25) is 0 Å². The van der Waals surface area contributed by atoms with E-state index in [1.54, 1.807) is 25.4 Å². The van der Waals surface area contributed by atoms with E-state index >= 15 is 0 Å². The molecule has 0 radical (unpaired) electrons. The second-order valence-electron chi connectivity index (χ2n) is 10.6. The van der Waals surface area contributed by atoms with Gasteiger partial charge in [-0.1, -0.05) is 12.1 Å². The number of sulfone groups is 1. The number of aromatic nitrogens is 3. The largest absolute Gasteiger partial charge is 0.383 e. The number of anilines is 1. The van der Waals surface area contributed by atoms with Gasteiger partial charge in [-0.15, -0.1) is 0 Å². The summed E-state index contributed by atoms with van der Waals surface area (Å²) in [5.41, 5.74) is 3.74. The van der Waals surface area contributed by atoms with Gasteiger partial charge in [0.1, 0.15) is 5.82 Å². The van der Waals surface area contributed by atoms with Crippen LogP contribution in [0.1, 0.15) is 40.9 Å². The van der Waals surface area contributed by atoms with Gasteiger partial charge in [-0.05, 0) is 67.3 Å². The van der Waals surface area contributed by atoms with E-state index in [2.05, 4.69) is 15.2 Å². The molecule has 42 heavy (non-hydrogen) atoms. The average Bonchev–Trinajstić information content (AvgIpc) is 3.13. The summed E-state index contributed by atoms with van der Waals surface area (Å²) in [6.07, 6.45) is 5.30. The molecular weight excluding hydrogens is 554 g/mol. The Morgan fingerprint density at radius 2 is 1.95 bits per heavy atom. The second-order valence-corrected chi connectivity index (χ2v) is 12.7. The maximum atomic E-state index is 12.9. The summed E-state index contributed by atoms with van der Waals surface area (Å²) in [5.74, 6) is 0.438. The number of carbonyl (C=O) groups is 1. The predicted octanol–water partition coefficient (Wildman–Crippen LogP) is 3.93. The summed E-state index contributed by atoms with van der Waals surface area (Å²) in [4.78, 5) is 29.7. The monoisotopic (exact) mass is 587 g/mol. The van der Waals surface area contributed by atoms with Crippen molar-refractivity contribution in [2.24, 2.45) is 0 Å². The fourth-order valence-corrected chi connectivity index (χ4v) is 6.62. The number of nitrogens with one attached hydrogen (secondary N) is 1. The molecule has 0 spiro atoms. The summed E-state index contributed by atoms with van der Waals surface area (Å²) in [7, 11) is -1.79. The van der Waals surface area contributed by atoms with E-state index in [9.17, 15) is 13.2 Å². The lowest BCUT2D eigenvalue weighted by atomic mass is 9.91. The van der Waals surface area contributed by atoms with Crippen LogP contribution in [0.3, 0.4) is 0 Å². The predicted molar refractivity (Wildman–Crippen MR) is 159 cm³/mol. The van der Waals surface area contributed by atoms with Crippen molar-refractivity contribution in [1.82, 2.24) is 20.3 Å². The first-order valence-electron chi connectivity index (χ1n) is 14.1. The standard InChI is InChI=1S/C31H33N5O5S/c1-40-13-12-36(25-4-2-5-25)30-7-3-6-26(35-30)27-11-10-22-18-32-24(17-28(22)34-27)19-33-31(37)21-8-9-23-20-41-14-15-42(38,39)29(23)16-21/h3,6-11,16-18,25H,2,4-5,12-15,19-20H2,1H3,(H,33,37). The smallest absolute Gasteiger partial charge is 0.251 e. The molecule has 10 nitrogen and oxygen atoms in total. The van der Waals surface area contributed by atoms with E-state index in [-0.39, 0.29) is 41.9 Å². The highest BCUT2D eigenvalue weighted by Crippen LogP contribution is 2.30. The normalized spacial score (nSPS) is 16.3. The summed E-state index contributed by atoms with van der Waals surface area (Å²) >= 11 is 0. The third-order valence-corrected chi connectivity index (χ3v) is 9.58. The Balaban J connectivity index is 1.19. The molecule has 2 aliphatic rings. The number of ether oxygens (including phenoxy) is 2. The minimum Gasteiger partial charge on any atom is -0.383 e. The lowest BCUT2D eigenvalue weighted by Gasteiger charge is -2.38. The van der Waals surface area contributed by atoms with Crippen LogP contribution in [0, 0.1) is 0 Å². The number of nitrogens with zero attached hydrogens (tertiary/aromatic N) is 4. The van der Waals surface area contributed by atoms with Gasteiger partial charge in [-0.3, -0.25) is 9.78 Å². The SMILES string of the molecule is COCCN(c1cccc(-c2ccc3cnc(CNC(=O)c4ccc5c(c4)S(=O)(=O)CCOC5)cc3n2)n1)C1CCC1. The summed E-state index contributed by atoms with van der Waals surface area (Å²) in [5, 5.41) is 3.73. The van der Waals surface area contributed by atoms with Crippen LogP contribution in [0.15, 0.2) is 65.7 Å². The van der Waals surface area contributed by atoms with Crippen molar-refractivity contribution in [1.29, 1.82) is 0 Å². The molecule has 0 bridgehead atoms. The molecule has 1 aliphatic carbocycles. The zero-order valence-electron chi connectivity index (χ0n) is 23.5.